The Morgan fingerprint density at radius 2 is 2.13 bits per heavy atom. The Balaban J connectivity index is 2.50. The lowest BCUT2D eigenvalue weighted by molar-refractivity contribution is 0.0994. The predicted octanol–water partition coefficient (Wildman–Crippen LogP) is 3.53. The van der Waals surface area contributed by atoms with Gasteiger partial charge in [0.1, 0.15) is 12.4 Å². The summed E-state index contributed by atoms with van der Waals surface area (Å²) in [5.74, 6) is 0.552. The maximum Gasteiger partial charge on any atom is 0.138 e. The first-order valence-corrected chi connectivity index (χ1v) is 5.65. The average Bonchev–Trinajstić information content (AvgIpc) is 2.17. The maximum atomic E-state index is 9.46. The molecule has 0 aliphatic rings. The van der Waals surface area contributed by atoms with Crippen LogP contribution in [0.3, 0.4) is 0 Å². The van der Waals surface area contributed by atoms with Crippen molar-refractivity contribution in [3.05, 3.63) is 28.2 Å². The molecule has 0 saturated carbocycles. The van der Waals surface area contributed by atoms with Gasteiger partial charge >= 0.3 is 0 Å². The van der Waals surface area contributed by atoms with Crippen molar-refractivity contribution in [2.75, 3.05) is 6.61 Å². The summed E-state index contributed by atoms with van der Waals surface area (Å²) in [5, 5.41) is 10.5. The third-order valence-corrected chi connectivity index (χ3v) is 2.48. The molecule has 15 heavy (non-hydrogen) atoms. The molecule has 84 valence electrons. The molecule has 0 aliphatic heterocycles. The summed E-state index contributed by atoms with van der Waals surface area (Å²) in [6.45, 7) is 2.27. The number of ether oxygens (including phenoxy) is 1. The fraction of sp³-hybridized carbons (Fsp3) is 0.455. The third kappa shape index (κ3) is 4.29. The summed E-state index contributed by atoms with van der Waals surface area (Å²) in [4.78, 5) is 0. The van der Waals surface area contributed by atoms with E-state index in [2.05, 4.69) is 0 Å². The van der Waals surface area contributed by atoms with Crippen LogP contribution in [-0.4, -0.2) is 17.8 Å². The summed E-state index contributed by atoms with van der Waals surface area (Å²) in [5.41, 5.74) is 0. The van der Waals surface area contributed by atoms with Crippen LogP contribution in [0.1, 0.15) is 19.8 Å². The van der Waals surface area contributed by atoms with E-state index in [1.807, 2.05) is 6.92 Å². The summed E-state index contributed by atoms with van der Waals surface area (Å²) in [6, 6.07) is 5.02. The zero-order chi connectivity index (χ0) is 11.3. The highest BCUT2D eigenvalue weighted by Gasteiger charge is 2.06. The first-order valence-electron chi connectivity index (χ1n) is 4.89. The van der Waals surface area contributed by atoms with Crippen molar-refractivity contribution in [1.82, 2.24) is 0 Å². The Morgan fingerprint density at radius 3 is 2.73 bits per heavy atom. The van der Waals surface area contributed by atoms with Crippen LogP contribution in [0.25, 0.3) is 0 Å². The van der Waals surface area contributed by atoms with Gasteiger partial charge in [-0.15, -0.1) is 0 Å². The number of aliphatic hydroxyl groups is 1. The molecule has 0 aromatic heterocycles. The second-order valence-electron chi connectivity index (χ2n) is 3.33. The zero-order valence-electron chi connectivity index (χ0n) is 8.54. The zero-order valence-corrected chi connectivity index (χ0v) is 10.1. The molecule has 0 heterocycles. The second kappa shape index (κ2) is 6.21. The van der Waals surface area contributed by atoms with Crippen molar-refractivity contribution in [1.29, 1.82) is 0 Å². The van der Waals surface area contributed by atoms with E-state index in [1.165, 1.54) is 0 Å². The SMILES string of the molecule is CCCC(O)COc1ccc(Cl)cc1Cl. The molecule has 1 aromatic rings. The van der Waals surface area contributed by atoms with Crippen LogP contribution in [0.5, 0.6) is 5.75 Å². The predicted molar refractivity (Wildman–Crippen MR) is 62.9 cm³/mol. The highest BCUT2D eigenvalue weighted by molar-refractivity contribution is 6.35. The van der Waals surface area contributed by atoms with Crippen LogP contribution in [-0.2, 0) is 0 Å². The molecule has 4 heteroatoms. The van der Waals surface area contributed by atoms with Crippen molar-refractivity contribution in [3.8, 4) is 5.75 Å². The van der Waals surface area contributed by atoms with Crippen LogP contribution >= 0.6 is 23.2 Å². The Bertz CT molecular complexity index is 315. The minimum atomic E-state index is -0.443. The maximum absolute atomic E-state index is 9.46. The minimum Gasteiger partial charge on any atom is -0.489 e. The molecule has 1 N–H and O–H groups in total. The van der Waals surface area contributed by atoms with Gasteiger partial charge in [0.15, 0.2) is 0 Å². The van der Waals surface area contributed by atoms with Crippen molar-refractivity contribution >= 4 is 23.2 Å². The van der Waals surface area contributed by atoms with Gasteiger partial charge in [-0.3, -0.25) is 0 Å². The van der Waals surface area contributed by atoms with Crippen molar-refractivity contribution < 1.29 is 9.84 Å². The second-order valence-corrected chi connectivity index (χ2v) is 4.17. The molecule has 0 radical (unpaired) electrons. The fourth-order valence-electron chi connectivity index (χ4n) is 1.19. The number of halogens is 2. The number of hydrogen-bond donors (Lipinski definition) is 1. The Labute approximate surface area is 99.8 Å². The van der Waals surface area contributed by atoms with Crippen LogP contribution in [0.2, 0.25) is 10.0 Å². The first kappa shape index (κ1) is 12.6. The average molecular weight is 249 g/mol. The number of aliphatic hydroxyl groups excluding tert-OH is 1. The highest BCUT2D eigenvalue weighted by Crippen LogP contribution is 2.27. The van der Waals surface area contributed by atoms with Gasteiger partial charge in [0, 0.05) is 5.02 Å². The van der Waals surface area contributed by atoms with Gasteiger partial charge in [-0.1, -0.05) is 36.5 Å². The Hall–Kier alpha value is -0.440. The molecule has 1 aromatic carbocycles. The summed E-state index contributed by atoms with van der Waals surface area (Å²) >= 11 is 11.6. The van der Waals surface area contributed by atoms with Gasteiger partial charge in [0.05, 0.1) is 11.1 Å². The van der Waals surface area contributed by atoms with Gasteiger partial charge in [0.25, 0.3) is 0 Å². The molecule has 0 saturated heterocycles. The molecule has 1 rings (SSSR count). The smallest absolute Gasteiger partial charge is 0.138 e. The van der Waals surface area contributed by atoms with E-state index in [9.17, 15) is 5.11 Å². The standard InChI is InChI=1S/C11H14Cl2O2/c1-2-3-9(14)7-15-11-5-4-8(12)6-10(11)13/h4-6,9,14H,2-3,7H2,1H3. The van der Waals surface area contributed by atoms with Crippen LogP contribution in [0.15, 0.2) is 18.2 Å². The Morgan fingerprint density at radius 1 is 1.40 bits per heavy atom. The van der Waals surface area contributed by atoms with E-state index in [0.717, 1.165) is 12.8 Å². The summed E-state index contributed by atoms with van der Waals surface area (Å²) < 4.78 is 5.37. The lowest BCUT2D eigenvalue weighted by atomic mass is 10.2. The molecule has 1 unspecified atom stereocenters. The molecule has 0 spiro atoms. The number of rotatable bonds is 5. The first-order chi connectivity index (χ1) is 7.13. The van der Waals surface area contributed by atoms with E-state index in [-0.39, 0.29) is 6.61 Å². The lowest BCUT2D eigenvalue weighted by Gasteiger charge is -2.12. The van der Waals surface area contributed by atoms with Gasteiger partial charge in [-0.2, -0.15) is 0 Å². The van der Waals surface area contributed by atoms with Gasteiger partial charge in [0.2, 0.25) is 0 Å². The van der Waals surface area contributed by atoms with E-state index >= 15 is 0 Å². The van der Waals surface area contributed by atoms with E-state index in [4.69, 9.17) is 27.9 Å². The normalized spacial score (nSPS) is 12.5. The van der Waals surface area contributed by atoms with Crippen molar-refractivity contribution in [3.63, 3.8) is 0 Å². The quantitative estimate of drug-likeness (QED) is 0.864. The van der Waals surface area contributed by atoms with Crippen molar-refractivity contribution in [2.24, 2.45) is 0 Å². The van der Waals surface area contributed by atoms with Crippen LogP contribution in [0.4, 0.5) is 0 Å². The van der Waals surface area contributed by atoms with E-state index in [1.54, 1.807) is 18.2 Å². The topological polar surface area (TPSA) is 29.5 Å². The largest absolute Gasteiger partial charge is 0.489 e. The summed E-state index contributed by atoms with van der Waals surface area (Å²) in [7, 11) is 0. The highest BCUT2D eigenvalue weighted by atomic mass is 35.5. The van der Waals surface area contributed by atoms with Crippen molar-refractivity contribution in [2.45, 2.75) is 25.9 Å². The fourth-order valence-corrected chi connectivity index (χ4v) is 1.66. The van der Waals surface area contributed by atoms with Gasteiger partial charge < -0.3 is 9.84 Å². The molecular formula is C11H14Cl2O2. The van der Waals surface area contributed by atoms with E-state index < -0.39 is 6.10 Å². The molecule has 2 nitrogen and oxygen atoms in total. The molecule has 0 bridgehead atoms. The number of benzene rings is 1. The monoisotopic (exact) mass is 248 g/mol. The van der Waals surface area contributed by atoms with Gasteiger partial charge in [-0.25, -0.2) is 0 Å². The van der Waals surface area contributed by atoms with Crippen LogP contribution < -0.4 is 4.74 Å². The van der Waals surface area contributed by atoms with Crippen LogP contribution in [0, 0.1) is 0 Å². The number of hydrogen-bond acceptors (Lipinski definition) is 2. The van der Waals surface area contributed by atoms with Gasteiger partial charge in [-0.05, 0) is 24.6 Å². The molecule has 0 fully saturated rings. The lowest BCUT2D eigenvalue weighted by Crippen LogP contribution is -2.17. The molecular weight excluding hydrogens is 235 g/mol. The summed E-state index contributed by atoms with van der Waals surface area (Å²) in [6.07, 6.45) is 1.21. The Kier molecular flexibility index (Phi) is 5.23. The van der Waals surface area contributed by atoms with E-state index in [0.29, 0.717) is 15.8 Å². The minimum absolute atomic E-state index is 0.259. The molecule has 0 aliphatic carbocycles. The molecule has 0 amide bonds. The third-order valence-electron chi connectivity index (χ3n) is 1.95. The molecule has 1 atom stereocenters.